The van der Waals surface area contributed by atoms with Crippen LogP contribution in [0.5, 0.6) is 0 Å². The van der Waals surface area contributed by atoms with Gasteiger partial charge < -0.3 is 17.0 Å². The van der Waals surface area contributed by atoms with E-state index in [4.69, 9.17) is 0 Å². The Labute approximate surface area is 128 Å². The summed E-state index contributed by atoms with van der Waals surface area (Å²) in [6.45, 7) is 4.83. The summed E-state index contributed by atoms with van der Waals surface area (Å²) in [6.07, 6.45) is 4.15. The van der Waals surface area contributed by atoms with Crippen molar-refractivity contribution in [2.45, 2.75) is 20.4 Å². The molecule has 2 heterocycles. The molecule has 2 aromatic heterocycles. The van der Waals surface area contributed by atoms with Crippen molar-refractivity contribution in [2.75, 3.05) is 0 Å². The van der Waals surface area contributed by atoms with E-state index in [2.05, 4.69) is 47.3 Å². The fourth-order valence-electron chi connectivity index (χ4n) is 2.40. The molecule has 0 fully saturated rings. The number of imidazole rings is 1. The van der Waals surface area contributed by atoms with Crippen molar-refractivity contribution in [3.05, 3.63) is 71.4 Å². The number of hydrogen-bond donors (Lipinski definition) is 0. The normalized spacial score (nSPS) is 10.6. The Kier molecular flexibility index (Phi) is 4.23. The van der Waals surface area contributed by atoms with Gasteiger partial charge in [-0.3, -0.25) is 0 Å². The molecule has 1 aromatic carbocycles. The number of pyridine rings is 1. The number of aromatic nitrogens is 2. The van der Waals surface area contributed by atoms with Gasteiger partial charge in [-0.05, 0) is 36.2 Å². The first-order chi connectivity index (χ1) is 9.13. The SMILES string of the molecule is Cc1cc[n+]2cc(C)n(Cc3cccc(F)c3)c2c1.[Br-]. The van der Waals surface area contributed by atoms with Crippen LogP contribution in [0.1, 0.15) is 16.8 Å². The van der Waals surface area contributed by atoms with Crippen LogP contribution in [0.4, 0.5) is 4.39 Å². The minimum Gasteiger partial charge on any atom is -1.00 e. The maximum Gasteiger partial charge on any atom is 0.286 e. The highest BCUT2D eigenvalue weighted by molar-refractivity contribution is 5.37. The molecular weight excluding hydrogens is 319 g/mol. The third kappa shape index (κ3) is 2.75. The van der Waals surface area contributed by atoms with Crippen molar-refractivity contribution in [1.29, 1.82) is 0 Å². The summed E-state index contributed by atoms with van der Waals surface area (Å²) < 4.78 is 17.6. The van der Waals surface area contributed by atoms with Crippen molar-refractivity contribution in [2.24, 2.45) is 0 Å². The highest BCUT2D eigenvalue weighted by atomic mass is 79.9. The molecule has 0 atom stereocenters. The van der Waals surface area contributed by atoms with Crippen LogP contribution in [0.25, 0.3) is 5.65 Å². The van der Waals surface area contributed by atoms with Gasteiger partial charge in [0.05, 0.1) is 6.20 Å². The molecule has 2 nitrogen and oxygen atoms in total. The molecule has 20 heavy (non-hydrogen) atoms. The smallest absolute Gasteiger partial charge is 0.286 e. The van der Waals surface area contributed by atoms with Gasteiger partial charge in [0.2, 0.25) is 0 Å². The molecule has 0 saturated heterocycles. The predicted octanol–water partition coefficient (Wildman–Crippen LogP) is 0.0350. The van der Waals surface area contributed by atoms with E-state index in [-0.39, 0.29) is 22.8 Å². The van der Waals surface area contributed by atoms with Crippen LogP contribution in [0.2, 0.25) is 0 Å². The third-order valence-electron chi connectivity index (χ3n) is 3.38. The first-order valence-electron chi connectivity index (χ1n) is 6.36. The molecular formula is C16H16BrFN2. The molecule has 0 N–H and O–H groups in total. The molecule has 0 amide bonds. The van der Waals surface area contributed by atoms with Gasteiger partial charge in [-0.15, -0.1) is 0 Å². The largest absolute Gasteiger partial charge is 1.00 e. The summed E-state index contributed by atoms with van der Waals surface area (Å²) in [5.41, 5.74) is 4.48. The van der Waals surface area contributed by atoms with Crippen LogP contribution in [0.15, 0.2) is 48.8 Å². The second-order valence-corrected chi connectivity index (χ2v) is 4.96. The lowest BCUT2D eigenvalue weighted by Gasteiger charge is -2.01. The van der Waals surface area contributed by atoms with Crippen LogP contribution in [0, 0.1) is 19.7 Å². The Hall–Kier alpha value is -1.68. The molecule has 104 valence electrons. The lowest BCUT2D eigenvalue weighted by molar-refractivity contribution is -0.510. The molecule has 0 aliphatic rings. The predicted molar refractivity (Wildman–Crippen MR) is 72.6 cm³/mol. The lowest BCUT2D eigenvalue weighted by atomic mass is 10.2. The Morgan fingerprint density at radius 1 is 1.15 bits per heavy atom. The Morgan fingerprint density at radius 3 is 2.70 bits per heavy atom. The topological polar surface area (TPSA) is 9.03 Å². The molecule has 4 heteroatoms. The summed E-state index contributed by atoms with van der Waals surface area (Å²) in [4.78, 5) is 0. The first-order valence-corrected chi connectivity index (χ1v) is 6.36. The molecule has 0 saturated carbocycles. The molecule has 3 aromatic rings. The van der Waals surface area contributed by atoms with Crippen molar-refractivity contribution in [1.82, 2.24) is 4.57 Å². The molecule has 0 unspecified atom stereocenters. The van der Waals surface area contributed by atoms with Gasteiger partial charge >= 0.3 is 0 Å². The van der Waals surface area contributed by atoms with Crippen LogP contribution in [-0.2, 0) is 6.54 Å². The van der Waals surface area contributed by atoms with Crippen molar-refractivity contribution in [3.63, 3.8) is 0 Å². The van der Waals surface area contributed by atoms with E-state index >= 15 is 0 Å². The van der Waals surface area contributed by atoms with E-state index in [9.17, 15) is 4.39 Å². The summed E-state index contributed by atoms with van der Waals surface area (Å²) in [6, 6.07) is 11.0. The minimum absolute atomic E-state index is 0. The standard InChI is InChI=1S/C16H16FN2.BrH/c1-12-6-7-18-10-13(2)19(16(18)8-12)11-14-4-3-5-15(17)9-14;/h3-10H,11H2,1-2H3;1H/q+1;/p-1. The second kappa shape index (κ2) is 5.75. The molecule has 0 aliphatic carbocycles. The Balaban J connectivity index is 0.00000147. The number of nitrogens with zero attached hydrogens (tertiary/aromatic N) is 2. The van der Waals surface area contributed by atoms with Crippen LogP contribution in [0.3, 0.4) is 0 Å². The van der Waals surface area contributed by atoms with Crippen molar-refractivity contribution >= 4 is 5.65 Å². The highest BCUT2D eigenvalue weighted by Crippen LogP contribution is 2.12. The number of fused-ring (bicyclic) bond motifs is 1. The second-order valence-electron chi connectivity index (χ2n) is 4.96. The number of hydrogen-bond acceptors (Lipinski definition) is 0. The van der Waals surface area contributed by atoms with E-state index in [1.165, 1.54) is 11.6 Å². The van der Waals surface area contributed by atoms with Crippen LogP contribution < -0.4 is 21.4 Å². The van der Waals surface area contributed by atoms with E-state index < -0.39 is 0 Å². The fourth-order valence-corrected chi connectivity index (χ4v) is 2.40. The van der Waals surface area contributed by atoms with Crippen LogP contribution >= 0.6 is 0 Å². The number of aryl methyl sites for hydroxylation is 2. The molecule has 0 bridgehead atoms. The molecule has 0 aliphatic heterocycles. The van der Waals surface area contributed by atoms with Crippen molar-refractivity contribution in [3.8, 4) is 0 Å². The lowest BCUT2D eigenvalue weighted by Crippen LogP contribution is -3.00. The van der Waals surface area contributed by atoms with Crippen LogP contribution in [-0.4, -0.2) is 4.57 Å². The zero-order valence-corrected chi connectivity index (χ0v) is 13.1. The van der Waals surface area contributed by atoms with E-state index in [0.29, 0.717) is 6.54 Å². The van der Waals surface area contributed by atoms with Gasteiger partial charge in [0.1, 0.15) is 24.3 Å². The molecule has 3 rings (SSSR count). The zero-order chi connectivity index (χ0) is 13.4. The first kappa shape index (κ1) is 14.7. The minimum atomic E-state index is -0.185. The Bertz CT molecular complexity index is 749. The summed E-state index contributed by atoms with van der Waals surface area (Å²) in [5, 5.41) is 0. The summed E-state index contributed by atoms with van der Waals surface area (Å²) in [7, 11) is 0. The maximum absolute atomic E-state index is 13.3. The van der Waals surface area contributed by atoms with E-state index in [0.717, 1.165) is 16.9 Å². The average Bonchev–Trinajstić information content (AvgIpc) is 2.66. The summed E-state index contributed by atoms with van der Waals surface area (Å²) >= 11 is 0. The monoisotopic (exact) mass is 334 g/mol. The molecule has 0 spiro atoms. The number of benzene rings is 1. The van der Waals surface area contributed by atoms with Crippen molar-refractivity contribution < 1.29 is 25.8 Å². The zero-order valence-electron chi connectivity index (χ0n) is 11.5. The van der Waals surface area contributed by atoms with Gasteiger partial charge in [0.25, 0.3) is 5.65 Å². The summed E-state index contributed by atoms with van der Waals surface area (Å²) in [5.74, 6) is -0.185. The van der Waals surface area contributed by atoms with Gasteiger partial charge in [-0.25, -0.2) is 13.4 Å². The fraction of sp³-hybridized carbons (Fsp3) is 0.188. The van der Waals surface area contributed by atoms with Gasteiger partial charge in [-0.2, -0.15) is 0 Å². The van der Waals surface area contributed by atoms with Gasteiger partial charge in [0, 0.05) is 13.0 Å². The van der Waals surface area contributed by atoms with Gasteiger partial charge in [0.15, 0.2) is 0 Å². The number of halogens is 2. The third-order valence-corrected chi connectivity index (χ3v) is 3.38. The average molecular weight is 335 g/mol. The quantitative estimate of drug-likeness (QED) is 0.585. The van der Waals surface area contributed by atoms with Gasteiger partial charge in [-0.1, -0.05) is 12.1 Å². The highest BCUT2D eigenvalue weighted by Gasteiger charge is 2.14. The van der Waals surface area contributed by atoms with E-state index in [1.807, 2.05) is 6.07 Å². The maximum atomic E-state index is 13.3. The molecule has 0 radical (unpaired) electrons. The van der Waals surface area contributed by atoms with E-state index in [1.54, 1.807) is 12.1 Å². The Morgan fingerprint density at radius 2 is 1.95 bits per heavy atom. The number of rotatable bonds is 2.